The molecule has 3 aromatic heterocycles. The molecular weight excluding hydrogens is 408 g/mol. The molecule has 30 heavy (non-hydrogen) atoms. The Balaban J connectivity index is 1.57. The molecule has 1 fully saturated rings. The van der Waals surface area contributed by atoms with E-state index in [9.17, 15) is 8.76 Å². The summed E-state index contributed by atoms with van der Waals surface area (Å²) in [4.78, 5) is 11.0. The van der Waals surface area contributed by atoms with E-state index < -0.39 is 11.1 Å². The van der Waals surface area contributed by atoms with Crippen LogP contribution < -0.4 is 10.1 Å². The molecule has 1 aliphatic rings. The number of piperidine rings is 1. The molecule has 162 valence electrons. The number of H-pyrrole nitrogens is 1. The molecule has 12 heteroatoms. The Hall–Kier alpha value is -2.57. The molecule has 3 aromatic rings. The fourth-order valence-electron chi connectivity index (χ4n) is 3.68. The first kappa shape index (κ1) is 20.7. The van der Waals surface area contributed by atoms with Crippen molar-refractivity contribution >= 4 is 22.7 Å². The largest absolute Gasteiger partial charge is 0.771 e. The first-order valence-corrected chi connectivity index (χ1v) is 11.2. The number of likely N-dealkylation sites (tertiary alicyclic amines) is 1. The zero-order valence-corrected chi connectivity index (χ0v) is 17.8. The number of rotatable bonds is 8. The molecule has 4 rings (SSSR count). The average Bonchev–Trinajstić information content (AvgIpc) is 3.37. The van der Waals surface area contributed by atoms with Crippen molar-refractivity contribution in [3.63, 3.8) is 0 Å². The highest BCUT2D eigenvalue weighted by Crippen LogP contribution is 2.28. The summed E-state index contributed by atoms with van der Waals surface area (Å²) in [5, 5.41) is 14.8. The summed E-state index contributed by atoms with van der Waals surface area (Å²) in [6, 6.07) is 0.153. The Morgan fingerprint density at radius 2 is 2.30 bits per heavy atom. The number of hydrogen-bond donors (Lipinski definition) is 2. The molecule has 0 saturated carbocycles. The molecule has 0 aliphatic carbocycles. The lowest BCUT2D eigenvalue weighted by atomic mass is 9.94. The van der Waals surface area contributed by atoms with Gasteiger partial charge < -0.3 is 14.6 Å². The van der Waals surface area contributed by atoms with Crippen LogP contribution in [0.1, 0.15) is 26.7 Å². The SMILES string of the molecule is CCCOc1c(-c2cn[nH]c2)ncc2nc(N[C@H]3CCN(CS(=O)[O-])C[C@H]3C)nn12. The zero-order valence-electron chi connectivity index (χ0n) is 16.9. The predicted octanol–water partition coefficient (Wildman–Crippen LogP) is 1.26. The quantitative estimate of drug-likeness (QED) is 0.503. The maximum absolute atomic E-state index is 11.0. The van der Waals surface area contributed by atoms with Crippen LogP contribution in [0.5, 0.6) is 5.88 Å². The molecule has 0 bridgehead atoms. The summed E-state index contributed by atoms with van der Waals surface area (Å²) < 4.78 is 29.5. The summed E-state index contributed by atoms with van der Waals surface area (Å²) in [5.74, 6) is 1.35. The van der Waals surface area contributed by atoms with Crippen molar-refractivity contribution in [2.24, 2.45) is 5.92 Å². The topological polar surface area (TPSA) is 136 Å². The number of aromatic amines is 1. The molecule has 1 unspecified atom stereocenters. The van der Waals surface area contributed by atoms with E-state index in [-0.39, 0.29) is 17.8 Å². The second-order valence-electron chi connectivity index (χ2n) is 7.48. The number of ether oxygens (including phenoxy) is 1. The minimum atomic E-state index is -2.06. The molecule has 0 radical (unpaired) electrons. The fourth-order valence-corrected chi connectivity index (χ4v) is 4.21. The Kier molecular flexibility index (Phi) is 6.25. The molecule has 11 nitrogen and oxygen atoms in total. The van der Waals surface area contributed by atoms with Gasteiger partial charge in [-0.25, -0.2) is 4.98 Å². The fraction of sp³-hybridized carbons (Fsp3) is 0.556. The molecule has 3 atom stereocenters. The van der Waals surface area contributed by atoms with Crippen LogP contribution in [0.4, 0.5) is 5.95 Å². The molecule has 0 spiro atoms. The monoisotopic (exact) mass is 433 g/mol. The second-order valence-corrected chi connectivity index (χ2v) is 8.35. The van der Waals surface area contributed by atoms with Crippen LogP contribution >= 0.6 is 0 Å². The Morgan fingerprint density at radius 1 is 1.43 bits per heavy atom. The summed E-state index contributed by atoms with van der Waals surface area (Å²) in [7, 11) is 0. The van der Waals surface area contributed by atoms with Crippen LogP contribution in [0.15, 0.2) is 18.6 Å². The Labute approximate surface area is 176 Å². The molecule has 1 saturated heterocycles. The lowest BCUT2D eigenvalue weighted by Crippen LogP contribution is -2.46. The van der Waals surface area contributed by atoms with E-state index in [1.165, 1.54) is 0 Å². The van der Waals surface area contributed by atoms with Gasteiger partial charge in [0.1, 0.15) is 5.69 Å². The van der Waals surface area contributed by atoms with Crippen molar-refractivity contribution in [2.75, 3.05) is 30.9 Å². The number of fused-ring (bicyclic) bond motifs is 1. The van der Waals surface area contributed by atoms with Gasteiger partial charge in [0.15, 0.2) is 5.65 Å². The first-order chi connectivity index (χ1) is 14.5. The summed E-state index contributed by atoms with van der Waals surface area (Å²) in [5.41, 5.74) is 2.04. The van der Waals surface area contributed by atoms with Gasteiger partial charge in [-0.05, 0) is 29.8 Å². The maximum atomic E-state index is 11.0. The second kappa shape index (κ2) is 9.06. The van der Waals surface area contributed by atoms with E-state index in [0.29, 0.717) is 42.9 Å². The molecule has 0 aromatic carbocycles. The molecule has 2 N–H and O–H groups in total. The number of aromatic nitrogens is 6. The first-order valence-electron chi connectivity index (χ1n) is 9.97. The highest BCUT2D eigenvalue weighted by atomic mass is 32.2. The highest BCUT2D eigenvalue weighted by Gasteiger charge is 2.27. The number of hydrogen-bond acceptors (Lipinski definition) is 9. The minimum Gasteiger partial charge on any atom is -0.771 e. The van der Waals surface area contributed by atoms with Gasteiger partial charge in [0.2, 0.25) is 11.8 Å². The number of anilines is 1. The van der Waals surface area contributed by atoms with Crippen molar-refractivity contribution in [1.29, 1.82) is 0 Å². The number of nitrogens with one attached hydrogen (secondary N) is 2. The summed E-state index contributed by atoms with van der Waals surface area (Å²) in [6.45, 7) is 6.08. The van der Waals surface area contributed by atoms with Crippen LogP contribution in [0.2, 0.25) is 0 Å². The van der Waals surface area contributed by atoms with Gasteiger partial charge in [-0.3, -0.25) is 14.2 Å². The molecule has 4 heterocycles. The normalized spacial score (nSPS) is 21.0. The maximum Gasteiger partial charge on any atom is 0.244 e. The van der Waals surface area contributed by atoms with E-state index >= 15 is 0 Å². The Bertz CT molecular complexity index is 1010. The van der Waals surface area contributed by atoms with E-state index in [0.717, 1.165) is 18.4 Å². The van der Waals surface area contributed by atoms with E-state index in [2.05, 4.69) is 37.5 Å². The third-order valence-corrected chi connectivity index (χ3v) is 5.72. The molecule has 0 amide bonds. The van der Waals surface area contributed by atoms with Crippen LogP contribution in [0.3, 0.4) is 0 Å². The third kappa shape index (κ3) is 4.45. The van der Waals surface area contributed by atoms with Crippen molar-refractivity contribution in [3.05, 3.63) is 18.6 Å². The van der Waals surface area contributed by atoms with E-state index in [1.54, 1.807) is 23.1 Å². The lowest BCUT2D eigenvalue weighted by molar-refractivity contribution is 0.194. The van der Waals surface area contributed by atoms with Crippen LogP contribution in [-0.2, 0) is 11.1 Å². The van der Waals surface area contributed by atoms with Crippen LogP contribution in [-0.4, -0.2) is 75.1 Å². The van der Waals surface area contributed by atoms with Crippen molar-refractivity contribution < 1.29 is 13.5 Å². The third-order valence-electron chi connectivity index (χ3n) is 5.14. The van der Waals surface area contributed by atoms with Gasteiger partial charge >= 0.3 is 0 Å². The predicted molar refractivity (Wildman–Crippen MR) is 111 cm³/mol. The van der Waals surface area contributed by atoms with Crippen molar-refractivity contribution in [3.8, 4) is 17.1 Å². The van der Waals surface area contributed by atoms with E-state index in [4.69, 9.17) is 4.74 Å². The smallest absolute Gasteiger partial charge is 0.244 e. The standard InChI is InChI=1S/C18H26N8O3S/c1-3-6-29-17-16(13-7-20-21-8-13)19-9-15-23-18(24-26(15)17)22-14-4-5-25(10-12(14)2)11-30(27)28/h7-9,12,14H,3-6,10-11H2,1-2H3,(H,20,21)(H,22,24)(H,27,28)/p-1/t12-,14+/m1/s1. The summed E-state index contributed by atoms with van der Waals surface area (Å²) >= 11 is -2.06. The van der Waals surface area contributed by atoms with Gasteiger partial charge in [-0.15, -0.1) is 5.10 Å². The van der Waals surface area contributed by atoms with Gasteiger partial charge in [0, 0.05) is 30.9 Å². The van der Waals surface area contributed by atoms with Gasteiger partial charge in [0.25, 0.3) is 0 Å². The summed E-state index contributed by atoms with van der Waals surface area (Å²) in [6.07, 6.45) is 6.77. The number of nitrogens with zero attached hydrogens (tertiary/aromatic N) is 6. The van der Waals surface area contributed by atoms with Crippen LogP contribution in [0, 0.1) is 5.92 Å². The average molecular weight is 434 g/mol. The molecule has 1 aliphatic heterocycles. The minimum absolute atomic E-state index is 0.0737. The van der Waals surface area contributed by atoms with Crippen molar-refractivity contribution in [2.45, 2.75) is 32.7 Å². The highest BCUT2D eigenvalue weighted by molar-refractivity contribution is 7.79. The van der Waals surface area contributed by atoms with E-state index in [1.807, 2.05) is 11.8 Å². The zero-order chi connectivity index (χ0) is 21.1. The van der Waals surface area contributed by atoms with Crippen molar-refractivity contribution in [1.82, 2.24) is 34.7 Å². The van der Waals surface area contributed by atoms with Gasteiger partial charge in [-0.2, -0.15) is 14.6 Å². The van der Waals surface area contributed by atoms with Crippen LogP contribution in [0.25, 0.3) is 16.9 Å². The van der Waals surface area contributed by atoms with Gasteiger partial charge in [-0.1, -0.05) is 13.8 Å². The van der Waals surface area contributed by atoms with Gasteiger partial charge in [0.05, 0.1) is 24.9 Å². The Morgan fingerprint density at radius 3 is 3.00 bits per heavy atom. The lowest BCUT2D eigenvalue weighted by Gasteiger charge is -2.37. The molecular formula is C18H25N8O3S-.